The molecule has 0 aliphatic carbocycles. The molecule has 0 heterocycles. The minimum atomic E-state index is -5.59. The van der Waals surface area contributed by atoms with Gasteiger partial charge < -0.3 is 4.18 Å². The third-order valence-corrected chi connectivity index (χ3v) is 3.84. The largest absolute Gasteiger partial charge is 0.372 e. The Hall–Kier alpha value is -2.37. The van der Waals surface area contributed by atoms with Crippen LogP contribution in [0.2, 0.25) is 0 Å². The molecule has 0 aromatic heterocycles. The lowest BCUT2D eigenvalue weighted by atomic mass is 10.3. The van der Waals surface area contributed by atoms with Gasteiger partial charge in [-0.05, 0) is 0 Å². The first-order chi connectivity index (χ1) is 11.0. The molecule has 2 aromatic carbocycles. The molecule has 0 unspecified atom stereocenters. The topological polar surface area (TPSA) is 43.4 Å². The van der Waals surface area contributed by atoms with Crippen LogP contribution in [0.1, 0.15) is 0 Å². The van der Waals surface area contributed by atoms with E-state index in [-0.39, 0.29) is 12.1 Å². The highest BCUT2D eigenvalue weighted by Gasteiger charge is 2.32. The van der Waals surface area contributed by atoms with Crippen LogP contribution in [0.15, 0.2) is 17.0 Å². The molecule has 0 aliphatic rings. The monoisotopic (exact) mass is 378 g/mol. The lowest BCUT2D eigenvalue weighted by molar-refractivity contribution is 0.346. The first kappa shape index (κ1) is 18.0. The second-order valence-corrected chi connectivity index (χ2v) is 5.65. The Bertz CT molecular complexity index is 913. The summed E-state index contributed by atoms with van der Waals surface area (Å²) in [6, 6.07) is -0.448. The Morgan fingerprint density at radius 1 is 0.625 bits per heavy atom. The van der Waals surface area contributed by atoms with Gasteiger partial charge in [-0.1, -0.05) is 0 Å². The van der Waals surface area contributed by atoms with Gasteiger partial charge >= 0.3 is 10.1 Å². The van der Waals surface area contributed by atoms with Gasteiger partial charge in [-0.25, -0.2) is 26.3 Å². The van der Waals surface area contributed by atoms with Gasteiger partial charge in [0.05, 0.1) is 0 Å². The zero-order chi connectivity index (χ0) is 18.4. The van der Waals surface area contributed by atoms with Crippen molar-refractivity contribution < 1.29 is 47.7 Å². The number of rotatable bonds is 3. The summed E-state index contributed by atoms with van der Waals surface area (Å²) >= 11 is 0. The van der Waals surface area contributed by atoms with Crippen LogP contribution in [-0.2, 0) is 10.1 Å². The van der Waals surface area contributed by atoms with Gasteiger partial charge in [-0.15, -0.1) is 0 Å². The van der Waals surface area contributed by atoms with Gasteiger partial charge in [-0.2, -0.15) is 17.2 Å². The van der Waals surface area contributed by atoms with Gasteiger partial charge in [0.2, 0.25) is 34.8 Å². The zero-order valence-electron chi connectivity index (χ0n) is 10.8. The normalized spacial score (nSPS) is 11.7. The SMILES string of the molecule is O=S(=O)(Oc1c(F)c(F)c(F)c(F)c1F)c1cc(F)c(F)cc1F. The van der Waals surface area contributed by atoms with Crippen LogP contribution in [0.4, 0.5) is 35.1 Å². The summed E-state index contributed by atoms with van der Waals surface area (Å²) in [5.74, 6) is -20.8. The fourth-order valence-corrected chi connectivity index (χ4v) is 2.51. The van der Waals surface area contributed by atoms with Crippen molar-refractivity contribution in [3.05, 3.63) is 58.7 Å². The summed E-state index contributed by atoms with van der Waals surface area (Å²) in [5, 5.41) is 0. The molecule has 0 saturated carbocycles. The molecular formula is C12H2F8O3S. The van der Waals surface area contributed by atoms with E-state index in [9.17, 15) is 43.5 Å². The molecule has 130 valence electrons. The minimum Gasteiger partial charge on any atom is -0.372 e. The van der Waals surface area contributed by atoms with Crippen molar-refractivity contribution in [3.8, 4) is 5.75 Å². The van der Waals surface area contributed by atoms with E-state index in [1.54, 1.807) is 0 Å². The predicted molar refractivity (Wildman–Crippen MR) is 60.4 cm³/mol. The molecular weight excluding hydrogens is 376 g/mol. The summed E-state index contributed by atoms with van der Waals surface area (Å²) in [6.07, 6.45) is 0. The molecule has 24 heavy (non-hydrogen) atoms. The highest BCUT2D eigenvalue weighted by atomic mass is 32.2. The summed E-state index contributed by atoms with van der Waals surface area (Å²) in [4.78, 5) is -1.72. The van der Waals surface area contributed by atoms with Gasteiger partial charge in [-0.3, -0.25) is 0 Å². The zero-order valence-corrected chi connectivity index (χ0v) is 11.6. The van der Waals surface area contributed by atoms with Crippen molar-refractivity contribution >= 4 is 10.1 Å². The maximum Gasteiger partial charge on any atom is 0.342 e. The summed E-state index contributed by atoms with van der Waals surface area (Å²) in [7, 11) is -5.59. The summed E-state index contributed by atoms with van der Waals surface area (Å²) in [6.45, 7) is 0. The molecule has 2 rings (SSSR count). The first-order valence-electron chi connectivity index (χ1n) is 5.57. The predicted octanol–water partition coefficient (Wildman–Crippen LogP) is 3.57. The number of hydrogen-bond donors (Lipinski definition) is 0. The average Bonchev–Trinajstić information content (AvgIpc) is 2.51. The smallest absolute Gasteiger partial charge is 0.342 e. The summed E-state index contributed by atoms with van der Waals surface area (Å²) in [5.41, 5.74) is 0. The van der Waals surface area contributed by atoms with E-state index in [1.165, 1.54) is 0 Å². The van der Waals surface area contributed by atoms with Crippen molar-refractivity contribution in [2.24, 2.45) is 0 Å². The fraction of sp³-hybridized carbons (Fsp3) is 0. The van der Waals surface area contributed by atoms with E-state index in [0.717, 1.165) is 0 Å². The summed E-state index contributed by atoms with van der Waals surface area (Å²) < 4.78 is 132. The van der Waals surface area contributed by atoms with E-state index in [1.807, 2.05) is 0 Å². The van der Waals surface area contributed by atoms with Crippen LogP contribution >= 0.6 is 0 Å². The van der Waals surface area contributed by atoms with Crippen molar-refractivity contribution in [2.75, 3.05) is 0 Å². The molecule has 0 atom stereocenters. The Morgan fingerprint density at radius 3 is 1.54 bits per heavy atom. The highest BCUT2D eigenvalue weighted by Crippen LogP contribution is 2.32. The van der Waals surface area contributed by atoms with Crippen LogP contribution in [0.25, 0.3) is 0 Å². The fourth-order valence-electron chi connectivity index (χ4n) is 1.51. The molecule has 0 bridgehead atoms. The van der Waals surface area contributed by atoms with Gasteiger partial charge in [0.25, 0.3) is 0 Å². The maximum absolute atomic E-state index is 13.4. The molecule has 3 nitrogen and oxygen atoms in total. The van der Waals surface area contributed by atoms with Crippen LogP contribution in [0.5, 0.6) is 5.75 Å². The standard InChI is InChI=1S/C12H2F8O3S/c13-3-1-5(15)6(2-4(3)14)24(21,22)23-12-10(19)8(17)7(16)9(18)11(12)20/h1-2H. The maximum atomic E-state index is 13.4. The molecule has 0 aliphatic heterocycles. The quantitative estimate of drug-likeness (QED) is 0.355. The van der Waals surface area contributed by atoms with E-state index in [0.29, 0.717) is 0 Å². The molecule has 12 heteroatoms. The number of benzene rings is 2. The van der Waals surface area contributed by atoms with E-state index < -0.39 is 67.3 Å². The second-order valence-electron chi connectivity index (χ2n) is 4.13. The minimum absolute atomic E-state index is 0.218. The first-order valence-corrected chi connectivity index (χ1v) is 6.98. The van der Waals surface area contributed by atoms with E-state index in [4.69, 9.17) is 0 Å². The Kier molecular flexibility index (Phi) is 4.44. The van der Waals surface area contributed by atoms with Crippen molar-refractivity contribution in [2.45, 2.75) is 4.90 Å². The lowest BCUT2D eigenvalue weighted by Gasteiger charge is -2.11. The van der Waals surface area contributed by atoms with Crippen LogP contribution in [-0.4, -0.2) is 8.42 Å². The molecule has 0 saturated heterocycles. The van der Waals surface area contributed by atoms with Gasteiger partial charge in [0, 0.05) is 12.1 Å². The van der Waals surface area contributed by atoms with Crippen LogP contribution < -0.4 is 4.18 Å². The van der Waals surface area contributed by atoms with Crippen molar-refractivity contribution in [3.63, 3.8) is 0 Å². The van der Waals surface area contributed by atoms with Crippen LogP contribution in [0, 0.1) is 46.5 Å². The molecule has 0 radical (unpaired) electrons. The Labute approximate surface area is 128 Å². The average molecular weight is 378 g/mol. The lowest BCUT2D eigenvalue weighted by Crippen LogP contribution is -2.16. The van der Waals surface area contributed by atoms with E-state index in [2.05, 4.69) is 4.18 Å². The number of halogens is 8. The Balaban J connectivity index is 2.62. The van der Waals surface area contributed by atoms with Gasteiger partial charge in [0.1, 0.15) is 10.7 Å². The van der Waals surface area contributed by atoms with E-state index >= 15 is 0 Å². The molecule has 0 amide bonds. The molecule has 0 spiro atoms. The Morgan fingerprint density at radius 2 is 1.04 bits per heavy atom. The van der Waals surface area contributed by atoms with Crippen LogP contribution in [0.3, 0.4) is 0 Å². The second kappa shape index (κ2) is 5.92. The highest BCUT2D eigenvalue weighted by molar-refractivity contribution is 7.87. The third-order valence-electron chi connectivity index (χ3n) is 2.61. The molecule has 0 N–H and O–H groups in total. The third kappa shape index (κ3) is 2.88. The molecule has 2 aromatic rings. The van der Waals surface area contributed by atoms with Crippen molar-refractivity contribution in [1.82, 2.24) is 0 Å². The number of hydrogen-bond acceptors (Lipinski definition) is 3. The van der Waals surface area contributed by atoms with Gasteiger partial charge in [0.15, 0.2) is 11.6 Å². The molecule has 0 fully saturated rings. The van der Waals surface area contributed by atoms with Crippen molar-refractivity contribution in [1.29, 1.82) is 0 Å².